The molecule has 0 amide bonds. The molecule has 1 spiro atoms. The summed E-state index contributed by atoms with van der Waals surface area (Å²) in [5.41, 5.74) is 4.32. The maximum absolute atomic E-state index is 11.3. The predicted octanol–water partition coefficient (Wildman–Crippen LogP) is 4.05. The SMILES string of the molecule is CC(C)=C1CC[C@]2(C1)C(C=O)=CCC[C@H]2C. The molecule has 0 radical (unpaired) electrons. The van der Waals surface area contributed by atoms with E-state index in [4.69, 9.17) is 0 Å². The zero-order valence-corrected chi connectivity index (χ0v) is 10.7. The zero-order chi connectivity index (χ0) is 11.8. The first-order chi connectivity index (χ1) is 7.60. The molecule has 0 bridgehead atoms. The third-order valence-corrected chi connectivity index (χ3v) is 4.72. The summed E-state index contributed by atoms with van der Waals surface area (Å²) in [5.74, 6) is 0.662. The van der Waals surface area contributed by atoms with E-state index in [1.54, 1.807) is 5.57 Å². The molecule has 0 aromatic rings. The Hall–Kier alpha value is -0.850. The van der Waals surface area contributed by atoms with Crippen LogP contribution in [0.3, 0.4) is 0 Å². The maximum atomic E-state index is 11.3. The summed E-state index contributed by atoms with van der Waals surface area (Å²) in [6.45, 7) is 6.72. The third-order valence-electron chi connectivity index (χ3n) is 4.72. The number of carbonyl (C=O) groups is 1. The molecule has 2 aliphatic carbocycles. The second-order valence-corrected chi connectivity index (χ2v) is 5.69. The molecular weight excluding hydrogens is 196 g/mol. The van der Waals surface area contributed by atoms with Crippen molar-refractivity contribution in [1.82, 2.24) is 0 Å². The minimum Gasteiger partial charge on any atom is -0.298 e. The Morgan fingerprint density at radius 1 is 1.50 bits per heavy atom. The summed E-state index contributed by atoms with van der Waals surface area (Å²) in [7, 11) is 0. The molecule has 0 heterocycles. The highest BCUT2D eigenvalue weighted by Gasteiger charge is 2.45. The fourth-order valence-electron chi connectivity index (χ4n) is 3.44. The molecule has 0 aromatic carbocycles. The average Bonchev–Trinajstić information content (AvgIpc) is 2.69. The lowest BCUT2D eigenvalue weighted by Crippen LogP contribution is -2.31. The summed E-state index contributed by atoms with van der Waals surface area (Å²) in [4.78, 5) is 11.3. The van der Waals surface area contributed by atoms with Crippen molar-refractivity contribution >= 4 is 6.29 Å². The first-order valence-corrected chi connectivity index (χ1v) is 6.41. The van der Waals surface area contributed by atoms with Crippen molar-refractivity contribution in [2.24, 2.45) is 11.3 Å². The fraction of sp³-hybridized carbons (Fsp3) is 0.667. The van der Waals surface area contributed by atoms with Gasteiger partial charge in [-0.15, -0.1) is 0 Å². The molecular formula is C15H22O. The van der Waals surface area contributed by atoms with Gasteiger partial charge in [0.1, 0.15) is 6.29 Å². The van der Waals surface area contributed by atoms with Crippen LogP contribution in [0.5, 0.6) is 0 Å². The monoisotopic (exact) mass is 218 g/mol. The number of hydrogen-bond acceptors (Lipinski definition) is 1. The number of rotatable bonds is 1. The molecule has 0 unspecified atom stereocenters. The summed E-state index contributed by atoms with van der Waals surface area (Å²) in [5, 5.41) is 0. The van der Waals surface area contributed by atoms with Crippen molar-refractivity contribution in [3.05, 3.63) is 22.8 Å². The number of allylic oxidation sites excluding steroid dienone is 4. The van der Waals surface area contributed by atoms with E-state index in [-0.39, 0.29) is 5.41 Å². The van der Waals surface area contributed by atoms with E-state index < -0.39 is 0 Å². The minimum absolute atomic E-state index is 0.187. The Morgan fingerprint density at radius 2 is 2.25 bits per heavy atom. The van der Waals surface area contributed by atoms with Gasteiger partial charge in [0.25, 0.3) is 0 Å². The molecule has 2 atom stereocenters. The Kier molecular flexibility index (Phi) is 3.05. The van der Waals surface area contributed by atoms with Gasteiger partial charge in [-0.1, -0.05) is 24.1 Å². The van der Waals surface area contributed by atoms with Crippen LogP contribution >= 0.6 is 0 Å². The van der Waals surface area contributed by atoms with Gasteiger partial charge in [0.2, 0.25) is 0 Å². The van der Waals surface area contributed by atoms with Crippen molar-refractivity contribution in [2.45, 2.75) is 52.9 Å². The van der Waals surface area contributed by atoms with Crippen molar-refractivity contribution < 1.29 is 4.79 Å². The van der Waals surface area contributed by atoms with Crippen molar-refractivity contribution in [1.29, 1.82) is 0 Å². The lowest BCUT2D eigenvalue weighted by atomic mass is 9.65. The van der Waals surface area contributed by atoms with Crippen LogP contribution in [-0.2, 0) is 4.79 Å². The van der Waals surface area contributed by atoms with Gasteiger partial charge in [0, 0.05) is 5.41 Å². The van der Waals surface area contributed by atoms with Crippen LogP contribution in [-0.4, -0.2) is 6.29 Å². The molecule has 1 heteroatoms. The highest BCUT2D eigenvalue weighted by molar-refractivity contribution is 5.76. The second kappa shape index (κ2) is 4.20. The van der Waals surface area contributed by atoms with Gasteiger partial charge < -0.3 is 0 Å². The van der Waals surface area contributed by atoms with E-state index in [1.807, 2.05) is 0 Å². The molecule has 88 valence electrons. The maximum Gasteiger partial charge on any atom is 0.146 e. The number of aldehydes is 1. The lowest BCUT2D eigenvalue weighted by molar-refractivity contribution is -0.106. The number of carbonyl (C=O) groups excluding carboxylic acids is 1. The fourth-order valence-corrected chi connectivity index (χ4v) is 3.44. The van der Waals surface area contributed by atoms with Crippen LogP contribution < -0.4 is 0 Å². The van der Waals surface area contributed by atoms with Crippen LogP contribution in [0.4, 0.5) is 0 Å². The van der Waals surface area contributed by atoms with Gasteiger partial charge in [-0.2, -0.15) is 0 Å². The molecule has 2 aliphatic rings. The first-order valence-electron chi connectivity index (χ1n) is 6.41. The van der Waals surface area contributed by atoms with E-state index >= 15 is 0 Å². The predicted molar refractivity (Wildman–Crippen MR) is 67.2 cm³/mol. The quantitative estimate of drug-likeness (QED) is 0.479. The summed E-state index contributed by atoms with van der Waals surface area (Å²) < 4.78 is 0. The summed E-state index contributed by atoms with van der Waals surface area (Å²) in [6, 6.07) is 0. The van der Waals surface area contributed by atoms with Crippen LogP contribution in [0.25, 0.3) is 0 Å². The van der Waals surface area contributed by atoms with Gasteiger partial charge in [-0.3, -0.25) is 4.79 Å². The van der Waals surface area contributed by atoms with E-state index in [2.05, 4.69) is 26.8 Å². The molecule has 0 aromatic heterocycles. The minimum atomic E-state index is 0.187. The molecule has 0 saturated heterocycles. The standard InChI is InChI=1S/C15H22O/c1-11(2)13-7-8-15(9-13)12(3)5-4-6-14(15)10-16/h6,10,12H,4-5,7-9H2,1-3H3/t12-,15-/m1/s1. The van der Waals surface area contributed by atoms with Crippen LogP contribution in [0.1, 0.15) is 52.9 Å². The van der Waals surface area contributed by atoms with E-state index in [9.17, 15) is 4.79 Å². The molecule has 1 fully saturated rings. The van der Waals surface area contributed by atoms with Crippen LogP contribution in [0.2, 0.25) is 0 Å². The van der Waals surface area contributed by atoms with Gasteiger partial charge in [0.15, 0.2) is 0 Å². The summed E-state index contributed by atoms with van der Waals surface area (Å²) in [6.07, 6.45) is 9.12. The lowest BCUT2D eigenvalue weighted by Gasteiger charge is -2.39. The van der Waals surface area contributed by atoms with Gasteiger partial charge in [-0.05, 0) is 57.4 Å². The molecule has 2 rings (SSSR count). The van der Waals surface area contributed by atoms with Crippen molar-refractivity contribution in [3.63, 3.8) is 0 Å². The number of hydrogen-bond donors (Lipinski definition) is 0. The smallest absolute Gasteiger partial charge is 0.146 e. The van der Waals surface area contributed by atoms with Gasteiger partial charge >= 0.3 is 0 Å². The summed E-state index contributed by atoms with van der Waals surface area (Å²) >= 11 is 0. The first kappa shape index (κ1) is 11.6. The van der Waals surface area contributed by atoms with Crippen molar-refractivity contribution in [3.8, 4) is 0 Å². The highest BCUT2D eigenvalue weighted by Crippen LogP contribution is 2.55. The Balaban J connectivity index is 2.37. The van der Waals surface area contributed by atoms with Crippen LogP contribution in [0.15, 0.2) is 22.8 Å². The van der Waals surface area contributed by atoms with E-state index in [0.29, 0.717) is 5.92 Å². The second-order valence-electron chi connectivity index (χ2n) is 5.69. The molecule has 1 saturated carbocycles. The van der Waals surface area contributed by atoms with E-state index in [0.717, 1.165) is 24.7 Å². The molecule has 0 N–H and O–H groups in total. The molecule has 1 nitrogen and oxygen atoms in total. The van der Waals surface area contributed by atoms with Crippen LogP contribution in [0, 0.1) is 11.3 Å². The highest BCUT2D eigenvalue weighted by atomic mass is 16.1. The van der Waals surface area contributed by atoms with Gasteiger partial charge in [-0.25, -0.2) is 0 Å². The Morgan fingerprint density at radius 3 is 2.81 bits per heavy atom. The Labute approximate surface area is 98.6 Å². The van der Waals surface area contributed by atoms with Gasteiger partial charge in [0.05, 0.1) is 0 Å². The topological polar surface area (TPSA) is 17.1 Å². The average molecular weight is 218 g/mol. The largest absolute Gasteiger partial charge is 0.298 e. The molecule has 16 heavy (non-hydrogen) atoms. The Bertz CT molecular complexity index is 358. The molecule has 0 aliphatic heterocycles. The van der Waals surface area contributed by atoms with Crippen molar-refractivity contribution in [2.75, 3.05) is 0 Å². The zero-order valence-electron chi connectivity index (χ0n) is 10.7. The van der Waals surface area contributed by atoms with E-state index in [1.165, 1.54) is 24.8 Å². The normalized spacial score (nSPS) is 34.1. The third kappa shape index (κ3) is 1.66.